The molecule has 2 aliphatic carbocycles. The standard InChI is InChI=1S/C20H34O3.2C2H6/c1-15-3-5-16(6-4-15)13-17-7-9-18(10-8-17)14-19(21)11-12-20(22)23-2;2*1-2/h15-18H,3-14H2,1-2H3;2*1-2H3. The van der Waals surface area contributed by atoms with Gasteiger partial charge in [-0.25, -0.2) is 0 Å². The highest BCUT2D eigenvalue weighted by Crippen LogP contribution is 2.39. The average Bonchev–Trinajstić information content (AvgIpc) is 2.72. The van der Waals surface area contributed by atoms with Crippen LogP contribution in [0.5, 0.6) is 0 Å². The minimum absolute atomic E-state index is 0.236. The second-order valence-corrected chi connectivity index (χ2v) is 8.07. The van der Waals surface area contributed by atoms with Crippen molar-refractivity contribution in [3.63, 3.8) is 0 Å². The molecular weight excluding hydrogens is 336 g/mol. The van der Waals surface area contributed by atoms with Crippen LogP contribution in [0.2, 0.25) is 0 Å². The van der Waals surface area contributed by atoms with Gasteiger partial charge in [-0.15, -0.1) is 0 Å². The lowest BCUT2D eigenvalue weighted by Crippen LogP contribution is -2.21. The first-order valence-corrected chi connectivity index (χ1v) is 11.6. The predicted molar refractivity (Wildman–Crippen MR) is 115 cm³/mol. The fraction of sp³-hybridized carbons (Fsp3) is 0.917. The molecule has 3 nitrogen and oxygen atoms in total. The van der Waals surface area contributed by atoms with Crippen molar-refractivity contribution < 1.29 is 14.3 Å². The highest BCUT2D eigenvalue weighted by molar-refractivity contribution is 5.83. The molecule has 0 bridgehead atoms. The Hall–Kier alpha value is -0.860. The molecule has 0 N–H and O–H groups in total. The van der Waals surface area contributed by atoms with Gasteiger partial charge in [0.25, 0.3) is 0 Å². The van der Waals surface area contributed by atoms with E-state index in [1.54, 1.807) is 0 Å². The predicted octanol–water partition coefficient (Wildman–Crippen LogP) is 6.97. The summed E-state index contributed by atoms with van der Waals surface area (Å²) in [7, 11) is 1.38. The monoisotopic (exact) mass is 382 g/mol. The van der Waals surface area contributed by atoms with Gasteiger partial charge in [0.1, 0.15) is 5.78 Å². The van der Waals surface area contributed by atoms with Crippen LogP contribution in [0.3, 0.4) is 0 Å². The van der Waals surface area contributed by atoms with E-state index in [0.29, 0.717) is 18.8 Å². The first kappa shape index (κ1) is 26.1. The van der Waals surface area contributed by atoms with E-state index in [9.17, 15) is 9.59 Å². The zero-order chi connectivity index (χ0) is 20.7. The topological polar surface area (TPSA) is 43.4 Å². The van der Waals surface area contributed by atoms with Crippen LogP contribution in [0.1, 0.15) is 112 Å². The Kier molecular flexibility index (Phi) is 15.6. The fourth-order valence-corrected chi connectivity index (χ4v) is 4.48. The van der Waals surface area contributed by atoms with Crippen LogP contribution in [-0.4, -0.2) is 18.9 Å². The number of hydrogen-bond donors (Lipinski definition) is 0. The number of methoxy groups -OCH3 is 1. The average molecular weight is 383 g/mol. The van der Waals surface area contributed by atoms with Crippen molar-refractivity contribution >= 4 is 11.8 Å². The third-order valence-corrected chi connectivity index (χ3v) is 6.12. The Morgan fingerprint density at radius 1 is 0.741 bits per heavy atom. The molecule has 0 saturated heterocycles. The molecule has 0 atom stereocenters. The Bertz CT molecular complexity index is 375. The van der Waals surface area contributed by atoms with Crippen LogP contribution >= 0.6 is 0 Å². The summed E-state index contributed by atoms with van der Waals surface area (Å²) in [6.07, 6.45) is 13.4. The minimum atomic E-state index is -0.274. The summed E-state index contributed by atoms with van der Waals surface area (Å²) in [6, 6.07) is 0. The molecule has 3 heteroatoms. The second-order valence-electron chi connectivity index (χ2n) is 8.07. The number of ether oxygens (including phenoxy) is 1. The molecule has 0 radical (unpaired) electrons. The SMILES string of the molecule is CC.CC.COC(=O)CCC(=O)CC1CCC(CC2CCC(C)CC2)CC1. The van der Waals surface area contributed by atoms with Crippen molar-refractivity contribution in [1.82, 2.24) is 0 Å². The van der Waals surface area contributed by atoms with E-state index in [-0.39, 0.29) is 18.2 Å². The van der Waals surface area contributed by atoms with Crippen LogP contribution < -0.4 is 0 Å². The van der Waals surface area contributed by atoms with E-state index in [1.165, 1.54) is 64.9 Å². The molecule has 2 aliphatic rings. The molecule has 0 amide bonds. The normalized spacial score (nSPS) is 27.3. The number of hydrogen-bond acceptors (Lipinski definition) is 3. The zero-order valence-electron chi connectivity index (χ0n) is 19.0. The lowest BCUT2D eigenvalue weighted by Gasteiger charge is -2.33. The van der Waals surface area contributed by atoms with Gasteiger partial charge < -0.3 is 4.74 Å². The first-order chi connectivity index (χ1) is 13.1. The van der Waals surface area contributed by atoms with Gasteiger partial charge in [0.15, 0.2) is 0 Å². The summed E-state index contributed by atoms with van der Waals surface area (Å²) in [6.45, 7) is 10.4. The fourth-order valence-electron chi connectivity index (χ4n) is 4.48. The van der Waals surface area contributed by atoms with E-state index in [2.05, 4.69) is 11.7 Å². The Labute approximate surface area is 169 Å². The molecule has 160 valence electrons. The van der Waals surface area contributed by atoms with Gasteiger partial charge in [-0.05, 0) is 42.9 Å². The molecule has 0 aliphatic heterocycles. The molecule has 0 aromatic carbocycles. The summed E-state index contributed by atoms with van der Waals surface area (Å²) in [5.74, 6) is 3.33. The van der Waals surface area contributed by atoms with E-state index >= 15 is 0 Å². The first-order valence-electron chi connectivity index (χ1n) is 11.6. The molecule has 0 spiro atoms. The number of carbonyl (C=O) groups excluding carboxylic acids is 2. The van der Waals surface area contributed by atoms with Crippen molar-refractivity contribution in [3.05, 3.63) is 0 Å². The van der Waals surface area contributed by atoms with E-state index in [4.69, 9.17) is 0 Å². The summed E-state index contributed by atoms with van der Waals surface area (Å²) >= 11 is 0. The molecule has 2 fully saturated rings. The third-order valence-electron chi connectivity index (χ3n) is 6.12. The summed E-state index contributed by atoms with van der Waals surface area (Å²) in [5, 5.41) is 0. The molecule has 0 unspecified atom stereocenters. The van der Waals surface area contributed by atoms with Gasteiger partial charge in [-0.1, -0.05) is 73.1 Å². The van der Waals surface area contributed by atoms with Crippen LogP contribution in [0.15, 0.2) is 0 Å². The van der Waals surface area contributed by atoms with Gasteiger partial charge in [0, 0.05) is 12.8 Å². The van der Waals surface area contributed by atoms with E-state index < -0.39 is 0 Å². The number of Topliss-reactive ketones (excluding diaryl/α,β-unsaturated/α-hetero) is 1. The molecule has 2 rings (SSSR count). The number of esters is 1. The zero-order valence-corrected chi connectivity index (χ0v) is 19.0. The van der Waals surface area contributed by atoms with Crippen LogP contribution in [-0.2, 0) is 14.3 Å². The van der Waals surface area contributed by atoms with Gasteiger partial charge in [-0.3, -0.25) is 9.59 Å². The number of carbonyl (C=O) groups is 2. The molecule has 0 aromatic heterocycles. The van der Waals surface area contributed by atoms with Crippen molar-refractivity contribution in [1.29, 1.82) is 0 Å². The lowest BCUT2D eigenvalue weighted by molar-refractivity contribution is -0.142. The van der Waals surface area contributed by atoms with Crippen LogP contribution in [0.25, 0.3) is 0 Å². The van der Waals surface area contributed by atoms with Crippen LogP contribution in [0, 0.1) is 23.7 Å². The van der Waals surface area contributed by atoms with E-state index in [0.717, 1.165) is 17.8 Å². The van der Waals surface area contributed by atoms with E-state index in [1.807, 2.05) is 27.7 Å². The van der Waals surface area contributed by atoms with Gasteiger partial charge in [-0.2, -0.15) is 0 Å². The maximum atomic E-state index is 12.0. The Balaban J connectivity index is 0.00000158. The molecular formula is C24H46O3. The molecule has 0 aromatic rings. The number of ketones is 1. The highest BCUT2D eigenvalue weighted by atomic mass is 16.5. The van der Waals surface area contributed by atoms with Crippen molar-refractivity contribution in [2.45, 2.75) is 112 Å². The largest absolute Gasteiger partial charge is 0.469 e. The van der Waals surface area contributed by atoms with Crippen LogP contribution in [0.4, 0.5) is 0 Å². The third kappa shape index (κ3) is 11.5. The van der Waals surface area contributed by atoms with Gasteiger partial charge >= 0.3 is 5.97 Å². The molecule has 2 saturated carbocycles. The summed E-state index contributed by atoms with van der Waals surface area (Å²) in [4.78, 5) is 23.0. The second kappa shape index (κ2) is 16.1. The summed E-state index contributed by atoms with van der Waals surface area (Å²) in [5.41, 5.74) is 0. The lowest BCUT2D eigenvalue weighted by atomic mass is 9.73. The van der Waals surface area contributed by atoms with Gasteiger partial charge in [0.2, 0.25) is 0 Å². The minimum Gasteiger partial charge on any atom is -0.469 e. The highest BCUT2D eigenvalue weighted by Gasteiger charge is 2.26. The summed E-state index contributed by atoms with van der Waals surface area (Å²) < 4.78 is 4.59. The Morgan fingerprint density at radius 3 is 1.67 bits per heavy atom. The van der Waals surface area contributed by atoms with Crippen molar-refractivity contribution in [2.75, 3.05) is 7.11 Å². The van der Waals surface area contributed by atoms with Crippen molar-refractivity contribution in [3.8, 4) is 0 Å². The molecule has 0 heterocycles. The maximum Gasteiger partial charge on any atom is 0.305 e. The Morgan fingerprint density at radius 2 is 1.19 bits per heavy atom. The smallest absolute Gasteiger partial charge is 0.305 e. The van der Waals surface area contributed by atoms with Crippen molar-refractivity contribution in [2.24, 2.45) is 23.7 Å². The maximum absolute atomic E-state index is 12.0. The quantitative estimate of drug-likeness (QED) is 0.446. The number of rotatable bonds is 7. The molecule has 27 heavy (non-hydrogen) atoms. The van der Waals surface area contributed by atoms with Gasteiger partial charge in [0.05, 0.1) is 13.5 Å².